The first kappa shape index (κ1) is 12.3. The summed E-state index contributed by atoms with van der Waals surface area (Å²) < 4.78 is 5.28. The summed E-state index contributed by atoms with van der Waals surface area (Å²) in [5, 5.41) is 12.7. The van der Waals surface area contributed by atoms with Crippen LogP contribution in [0.25, 0.3) is 0 Å². The third kappa shape index (κ3) is 3.36. The van der Waals surface area contributed by atoms with Crippen molar-refractivity contribution in [3.05, 3.63) is 24.2 Å². The standard InChI is InChI=1S/C12H21NO2/c1-4-9(2)10(3)13-11(8-14)12-6-5-7-15-12/h5-7,9-11,13-14H,4,8H2,1-3H3. The molecular weight excluding hydrogens is 190 g/mol. The van der Waals surface area contributed by atoms with Gasteiger partial charge < -0.3 is 14.8 Å². The summed E-state index contributed by atoms with van der Waals surface area (Å²) >= 11 is 0. The predicted molar refractivity (Wildman–Crippen MR) is 60.6 cm³/mol. The molecule has 0 amide bonds. The predicted octanol–water partition coefficient (Wildman–Crippen LogP) is 2.34. The Morgan fingerprint density at radius 2 is 2.20 bits per heavy atom. The maximum Gasteiger partial charge on any atom is 0.123 e. The van der Waals surface area contributed by atoms with Crippen molar-refractivity contribution in [1.29, 1.82) is 0 Å². The SMILES string of the molecule is CCC(C)C(C)NC(CO)c1ccco1. The van der Waals surface area contributed by atoms with E-state index in [1.165, 1.54) is 0 Å². The lowest BCUT2D eigenvalue weighted by Gasteiger charge is -2.24. The molecule has 0 aliphatic carbocycles. The Kier molecular flexibility index (Phi) is 4.85. The van der Waals surface area contributed by atoms with Crippen molar-refractivity contribution in [3.8, 4) is 0 Å². The van der Waals surface area contributed by atoms with Gasteiger partial charge in [0.1, 0.15) is 5.76 Å². The molecule has 0 spiro atoms. The molecular formula is C12H21NO2. The average Bonchev–Trinajstić information content (AvgIpc) is 2.77. The number of rotatable bonds is 6. The Morgan fingerprint density at radius 3 is 2.67 bits per heavy atom. The lowest BCUT2D eigenvalue weighted by molar-refractivity contribution is 0.204. The first-order valence-corrected chi connectivity index (χ1v) is 5.59. The average molecular weight is 211 g/mol. The van der Waals surface area contributed by atoms with Crippen LogP contribution in [-0.4, -0.2) is 17.8 Å². The fourth-order valence-electron chi connectivity index (χ4n) is 1.55. The number of aliphatic hydroxyl groups excluding tert-OH is 1. The highest BCUT2D eigenvalue weighted by molar-refractivity contribution is 5.04. The van der Waals surface area contributed by atoms with Crippen LogP contribution in [0.3, 0.4) is 0 Å². The van der Waals surface area contributed by atoms with Crippen LogP contribution in [0.4, 0.5) is 0 Å². The van der Waals surface area contributed by atoms with Gasteiger partial charge in [-0.3, -0.25) is 0 Å². The lowest BCUT2D eigenvalue weighted by atomic mass is 10.00. The van der Waals surface area contributed by atoms with Gasteiger partial charge in [-0.25, -0.2) is 0 Å². The molecule has 1 heterocycles. The Labute approximate surface area is 91.5 Å². The Bertz CT molecular complexity index is 259. The normalized spacial score (nSPS) is 17.3. The molecule has 15 heavy (non-hydrogen) atoms. The van der Waals surface area contributed by atoms with E-state index < -0.39 is 0 Å². The summed E-state index contributed by atoms with van der Waals surface area (Å²) in [7, 11) is 0. The molecule has 3 atom stereocenters. The zero-order chi connectivity index (χ0) is 11.3. The van der Waals surface area contributed by atoms with Crippen LogP contribution in [0.5, 0.6) is 0 Å². The second kappa shape index (κ2) is 5.93. The van der Waals surface area contributed by atoms with Gasteiger partial charge in [-0.15, -0.1) is 0 Å². The van der Waals surface area contributed by atoms with E-state index in [4.69, 9.17) is 4.42 Å². The van der Waals surface area contributed by atoms with Crippen LogP contribution < -0.4 is 5.32 Å². The first-order chi connectivity index (χ1) is 7.19. The summed E-state index contributed by atoms with van der Waals surface area (Å²) in [5.41, 5.74) is 0. The molecule has 3 unspecified atom stereocenters. The molecule has 1 aromatic rings. The van der Waals surface area contributed by atoms with Crippen molar-refractivity contribution >= 4 is 0 Å². The summed E-state index contributed by atoms with van der Waals surface area (Å²) in [4.78, 5) is 0. The van der Waals surface area contributed by atoms with Crippen LogP contribution >= 0.6 is 0 Å². The van der Waals surface area contributed by atoms with Crippen molar-refractivity contribution in [2.24, 2.45) is 5.92 Å². The minimum absolute atomic E-state index is 0.0638. The second-order valence-electron chi connectivity index (χ2n) is 4.09. The quantitative estimate of drug-likeness (QED) is 0.759. The summed E-state index contributed by atoms with van der Waals surface area (Å²) in [5.74, 6) is 1.39. The highest BCUT2D eigenvalue weighted by atomic mass is 16.3. The van der Waals surface area contributed by atoms with Gasteiger partial charge in [-0.2, -0.15) is 0 Å². The van der Waals surface area contributed by atoms with Gasteiger partial charge in [0.15, 0.2) is 0 Å². The first-order valence-electron chi connectivity index (χ1n) is 5.59. The Hall–Kier alpha value is -0.800. The maximum atomic E-state index is 9.28. The smallest absolute Gasteiger partial charge is 0.123 e. The van der Waals surface area contributed by atoms with E-state index in [9.17, 15) is 5.11 Å². The molecule has 0 aliphatic heterocycles. The van der Waals surface area contributed by atoms with Crippen LogP contribution in [-0.2, 0) is 0 Å². The van der Waals surface area contributed by atoms with Gasteiger partial charge in [0.25, 0.3) is 0 Å². The lowest BCUT2D eigenvalue weighted by Crippen LogP contribution is -2.36. The van der Waals surface area contributed by atoms with E-state index in [2.05, 4.69) is 26.1 Å². The van der Waals surface area contributed by atoms with E-state index >= 15 is 0 Å². The van der Waals surface area contributed by atoms with Crippen molar-refractivity contribution in [2.75, 3.05) is 6.61 Å². The van der Waals surface area contributed by atoms with Gasteiger partial charge in [-0.05, 0) is 25.0 Å². The molecule has 0 aromatic carbocycles. The minimum Gasteiger partial charge on any atom is -0.468 e. The van der Waals surface area contributed by atoms with Crippen LogP contribution in [0.1, 0.15) is 39.0 Å². The summed E-state index contributed by atoms with van der Waals surface area (Å²) in [6.45, 7) is 6.58. The Morgan fingerprint density at radius 1 is 1.47 bits per heavy atom. The van der Waals surface area contributed by atoms with Gasteiger partial charge in [0.05, 0.1) is 18.9 Å². The molecule has 1 rings (SSSR count). The third-order valence-corrected chi connectivity index (χ3v) is 3.03. The van der Waals surface area contributed by atoms with Gasteiger partial charge in [0.2, 0.25) is 0 Å². The van der Waals surface area contributed by atoms with E-state index in [1.54, 1.807) is 6.26 Å². The molecule has 0 saturated carbocycles. The third-order valence-electron chi connectivity index (χ3n) is 3.03. The fraction of sp³-hybridized carbons (Fsp3) is 0.667. The number of hydrogen-bond donors (Lipinski definition) is 2. The molecule has 0 aliphatic rings. The molecule has 3 nitrogen and oxygen atoms in total. The maximum absolute atomic E-state index is 9.28. The summed E-state index contributed by atoms with van der Waals surface area (Å²) in [6, 6.07) is 4.01. The zero-order valence-corrected chi connectivity index (χ0v) is 9.73. The second-order valence-corrected chi connectivity index (χ2v) is 4.09. The van der Waals surface area contributed by atoms with Gasteiger partial charge >= 0.3 is 0 Å². The van der Waals surface area contributed by atoms with Crippen LogP contribution in [0.15, 0.2) is 22.8 Å². The van der Waals surface area contributed by atoms with Crippen molar-refractivity contribution in [2.45, 2.75) is 39.3 Å². The van der Waals surface area contributed by atoms with Crippen LogP contribution in [0.2, 0.25) is 0 Å². The number of hydrogen-bond acceptors (Lipinski definition) is 3. The fourth-order valence-corrected chi connectivity index (χ4v) is 1.55. The van der Waals surface area contributed by atoms with Gasteiger partial charge in [-0.1, -0.05) is 20.3 Å². The van der Waals surface area contributed by atoms with E-state index in [-0.39, 0.29) is 12.6 Å². The zero-order valence-electron chi connectivity index (χ0n) is 9.73. The van der Waals surface area contributed by atoms with E-state index in [0.717, 1.165) is 12.2 Å². The molecule has 0 bridgehead atoms. The molecule has 0 radical (unpaired) electrons. The van der Waals surface area contributed by atoms with E-state index in [0.29, 0.717) is 12.0 Å². The van der Waals surface area contributed by atoms with Crippen LogP contribution in [0, 0.1) is 5.92 Å². The molecule has 1 aromatic heterocycles. The molecule has 0 saturated heterocycles. The monoisotopic (exact) mass is 211 g/mol. The molecule has 3 heteroatoms. The highest BCUT2D eigenvalue weighted by Crippen LogP contribution is 2.16. The van der Waals surface area contributed by atoms with E-state index in [1.807, 2.05) is 12.1 Å². The number of aliphatic hydroxyl groups is 1. The molecule has 2 N–H and O–H groups in total. The molecule has 0 fully saturated rings. The topological polar surface area (TPSA) is 45.4 Å². The van der Waals surface area contributed by atoms with Gasteiger partial charge in [0, 0.05) is 6.04 Å². The largest absolute Gasteiger partial charge is 0.468 e. The summed E-state index contributed by atoms with van der Waals surface area (Å²) in [6.07, 6.45) is 2.76. The molecule has 86 valence electrons. The van der Waals surface area contributed by atoms with Crippen molar-refractivity contribution in [1.82, 2.24) is 5.32 Å². The minimum atomic E-state index is -0.0935. The van der Waals surface area contributed by atoms with Crippen molar-refractivity contribution < 1.29 is 9.52 Å². The van der Waals surface area contributed by atoms with Crippen molar-refractivity contribution in [3.63, 3.8) is 0 Å². The number of nitrogens with one attached hydrogen (secondary N) is 1. The highest BCUT2D eigenvalue weighted by Gasteiger charge is 2.18. The Balaban J connectivity index is 2.54. The number of furan rings is 1.